The highest BCUT2D eigenvalue weighted by atomic mass is 28.4. The molecule has 0 spiro atoms. The van der Waals surface area contributed by atoms with Crippen LogP contribution in [0.25, 0.3) is 0 Å². The molecule has 2 bridgehead atoms. The molecule has 0 atom stereocenters. The third kappa shape index (κ3) is 3.74. The summed E-state index contributed by atoms with van der Waals surface area (Å²) in [5, 5.41) is 0.142. The Kier molecular flexibility index (Phi) is 4.84. The number of benzene rings is 1. The quantitative estimate of drug-likeness (QED) is 0.727. The molecule has 1 aromatic carbocycles. The average Bonchev–Trinajstić information content (AvgIpc) is 2.56. The second kappa shape index (κ2) is 6.44. The van der Waals surface area contributed by atoms with E-state index in [-0.39, 0.29) is 22.7 Å². The van der Waals surface area contributed by atoms with Crippen molar-refractivity contribution < 1.29 is 23.4 Å². The summed E-state index contributed by atoms with van der Waals surface area (Å²) in [4.78, 5) is 12.7. The minimum absolute atomic E-state index is 0.142. The van der Waals surface area contributed by atoms with Gasteiger partial charge in [0.1, 0.15) is 5.75 Å². The SMILES string of the molecule is CC12COC(C(=O)Cc3ccc(O[Si](C)(C)C(C)(C)C)cc3)(OC1)OC2. The lowest BCUT2D eigenvalue weighted by molar-refractivity contribution is -0.439. The van der Waals surface area contributed by atoms with Crippen LogP contribution in [0.5, 0.6) is 5.75 Å². The number of hydrogen-bond acceptors (Lipinski definition) is 5. The van der Waals surface area contributed by atoms with Gasteiger partial charge in [-0.3, -0.25) is 4.79 Å². The van der Waals surface area contributed by atoms with E-state index in [1.165, 1.54) is 0 Å². The molecule has 0 saturated carbocycles. The maximum atomic E-state index is 12.7. The number of ketones is 1. The van der Waals surface area contributed by atoms with Crippen LogP contribution in [0, 0.1) is 5.41 Å². The molecule has 3 aliphatic rings. The Morgan fingerprint density at radius 2 is 1.58 bits per heavy atom. The highest BCUT2D eigenvalue weighted by Crippen LogP contribution is 2.39. The van der Waals surface area contributed by atoms with Gasteiger partial charge in [0.05, 0.1) is 19.8 Å². The molecule has 144 valence electrons. The zero-order valence-corrected chi connectivity index (χ0v) is 17.7. The van der Waals surface area contributed by atoms with Crippen molar-refractivity contribution in [3.05, 3.63) is 29.8 Å². The van der Waals surface area contributed by atoms with Crippen LogP contribution in [-0.4, -0.2) is 39.9 Å². The summed E-state index contributed by atoms with van der Waals surface area (Å²) in [6.07, 6.45) is 0.205. The molecule has 0 aromatic heterocycles. The fourth-order valence-electron chi connectivity index (χ4n) is 2.72. The lowest BCUT2D eigenvalue weighted by atomic mass is 9.91. The van der Waals surface area contributed by atoms with Crippen molar-refractivity contribution >= 4 is 14.1 Å². The first kappa shape index (κ1) is 19.5. The Bertz CT molecular complexity index is 650. The van der Waals surface area contributed by atoms with Crippen LogP contribution in [0.3, 0.4) is 0 Å². The van der Waals surface area contributed by atoms with Crippen LogP contribution in [-0.2, 0) is 25.4 Å². The van der Waals surface area contributed by atoms with Gasteiger partial charge < -0.3 is 18.6 Å². The van der Waals surface area contributed by atoms with E-state index in [0.29, 0.717) is 19.8 Å². The van der Waals surface area contributed by atoms with Crippen LogP contribution in [0.15, 0.2) is 24.3 Å². The fraction of sp³-hybridized carbons (Fsp3) is 0.650. The summed E-state index contributed by atoms with van der Waals surface area (Å²) >= 11 is 0. The van der Waals surface area contributed by atoms with Gasteiger partial charge in [-0.15, -0.1) is 0 Å². The van der Waals surface area contributed by atoms with Gasteiger partial charge in [-0.05, 0) is 35.8 Å². The molecule has 0 unspecified atom stereocenters. The monoisotopic (exact) mass is 378 g/mol. The van der Waals surface area contributed by atoms with Gasteiger partial charge in [-0.25, -0.2) is 0 Å². The van der Waals surface area contributed by atoms with Gasteiger partial charge in [0.2, 0.25) is 14.1 Å². The summed E-state index contributed by atoms with van der Waals surface area (Å²) in [5.41, 5.74) is 0.742. The van der Waals surface area contributed by atoms with E-state index in [2.05, 4.69) is 33.9 Å². The minimum atomic E-state index is -1.87. The number of rotatable bonds is 5. The standard InChI is InChI=1S/C20H30O5Si/c1-18(2,3)26(5,6)25-16-9-7-15(8-10-16)11-17(21)20-22-12-19(4,13-23-20)14-24-20/h7-10H,11-14H2,1-6H3. The van der Waals surface area contributed by atoms with E-state index in [9.17, 15) is 4.79 Å². The first-order valence-corrected chi connectivity index (χ1v) is 12.1. The summed E-state index contributed by atoms with van der Waals surface area (Å²) in [6, 6.07) is 7.71. The molecule has 26 heavy (non-hydrogen) atoms. The molecule has 0 radical (unpaired) electrons. The van der Waals surface area contributed by atoms with Crippen molar-refractivity contribution in [2.75, 3.05) is 19.8 Å². The first-order chi connectivity index (χ1) is 11.9. The summed E-state index contributed by atoms with van der Waals surface area (Å²) < 4.78 is 23.1. The van der Waals surface area contributed by atoms with E-state index in [1.54, 1.807) is 0 Å². The lowest BCUT2D eigenvalue weighted by Crippen LogP contribution is -2.62. The van der Waals surface area contributed by atoms with Crippen molar-refractivity contribution in [1.82, 2.24) is 0 Å². The van der Waals surface area contributed by atoms with Gasteiger partial charge in [0.15, 0.2) is 0 Å². The second-order valence-electron chi connectivity index (χ2n) is 9.34. The van der Waals surface area contributed by atoms with Crippen molar-refractivity contribution in [1.29, 1.82) is 0 Å². The van der Waals surface area contributed by atoms with Gasteiger partial charge in [0.25, 0.3) is 0 Å². The Balaban J connectivity index is 1.64. The molecule has 3 heterocycles. The molecule has 0 N–H and O–H groups in total. The first-order valence-electron chi connectivity index (χ1n) is 9.18. The predicted molar refractivity (Wildman–Crippen MR) is 102 cm³/mol. The number of carbonyl (C=O) groups excluding carboxylic acids is 1. The number of Topliss-reactive ketones (excluding diaryl/α,β-unsaturated/α-hetero) is 1. The Morgan fingerprint density at radius 1 is 1.08 bits per heavy atom. The van der Waals surface area contributed by atoms with Crippen molar-refractivity contribution in [3.63, 3.8) is 0 Å². The van der Waals surface area contributed by atoms with E-state index in [1.807, 2.05) is 31.2 Å². The highest BCUT2D eigenvalue weighted by molar-refractivity contribution is 6.74. The lowest BCUT2D eigenvalue weighted by Gasteiger charge is -2.49. The molecule has 1 aromatic rings. The van der Waals surface area contributed by atoms with Crippen LogP contribution in [0.1, 0.15) is 33.3 Å². The second-order valence-corrected chi connectivity index (χ2v) is 14.1. The molecule has 0 amide bonds. The molecule has 0 aliphatic carbocycles. The Hall–Kier alpha value is -1.21. The van der Waals surface area contributed by atoms with Crippen LogP contribution < -0.4 is 4.43 Å². The summed E-state index contributed by atoms with van der Waals surface area (Å²) in [5.74, 6) is -0.869. The molecular weight excluding hydrogens is 348 g/mol. The normalized spacial score (nSPS) is 28.8. The van der Waals surface area contributed by atoms with Gasteiger partial charge in [-0.2, -0.15) is 0 Å². The number of fused-ring (bicyclic) bond motifs is 3. The molecule has 6 heteroatoms. The Morgan fingerprint density at radius 3 is 2.04 bits per heavy atom. The summed E-state index contributed by atoms with van der Waals surface area (Å²) in [6.45, 7) is 14.6. The fourth-order valence-corrected chi connectivity index (χ4v) is 3.75. The maximum Gasteiger partial charge on any atom is 0.347 e. The van der Waals surface area contributed by atoms with E-state index < -0.39 is 14.3 Å². The number of carbonyl (C=O) groups is 1. The zero-order valence-electron chi connectivity index (χ0n) is 16.7. The third-order valence-electron chi connectivity index (χ3n) is 5.64. The third-order valence-corrected chi connectivity index (χ3v) is 10.00. The van der Waals surface area contributed by atoms with Crippen molar-refractivity contribution in [3.8, 4) is 5.75 Å². The number of hydrogen-bond donors (Lipinski definition) is 0. The van der Waals surface area contributed by atoms with Crippen LogP contribution in [0.2, 0.25) is 18.1 Å². The topological polar surface area (TPSA) is 54.0 Å². The number of ether oxygens (including phenoxy) is 3. The van der Waals surface area contributed by atoms with Crippen molar-refractivity contribution in [2.24, 2.45) is 5.41 Å². The van der Waals surface area contributed by atoms with Gasteiger partial charge in [-0.1, -0.05) is 39.8 Å². The molecule has 3 fully saturated rings. The molecular formula is C20H30O5Si. The smallest absolute Gasteiger partial charge is 0.347 e. The molecule has 5 nitrogen and oxygen atoms in total. The van der Waals surface area contributed by atoms with Crippen LogP contribution >= 0.6 is 0 Å². The average molecular weight is 379 g/mol. The molecule has 3 aliphatic heterocycles. The van der Waals surface area contributed by atoms with Crippen molar-refractivity contribution in [2.45, 2.75) is 58.2 Å². The maximum absolute atomic E-state index is 12.7. The van der Waals surface area contributed by atoms with E-state index in [4.69, 9.17) is 18.6 Å². The molecule has 4 rings (SSSR count). The van der Waals surface area contributed by atoms with E-state index in [0.717, 1.165) is 11.3 Å². The highest BCUT2D eigenvalue weighted by Gasteiger charge is 2.54. The van der Waals surface area contributed by atoms with E-state index >= 15 is 0 Å². The predicted octanol–water partition coefficient (Wildman–Crippen LogP) is 3.92. The largest absolute Gasteiger partial charge is 0.544 e. The van der Waals surface area contributed by atoms with Crippen LogP contribution in [0.4, 0.5) is 0 Å². The molecule has 3 saturated heterocycles. The van der Waals surface area contributed by atoms with Gasteiger partial charge in [0, 0.05) is 11.8 Å². The minimum Gasteiger partial charge on any atom is -0.544 e. The zero-order chi connectivity index (χ0) is 19.2. The van der Waals surface area contributed by atoms with Gasteiger partial charge >= 0.3 is 5.97 Å². The summed E-state index contributed by atoms with van der Waals surface area (Å²) in [7, 11) is -1.87. The Labute approximate surface area is 157 Å².